The van der Waals surface area contributed by atoms with E-state index in [1.54, 1.807) is 24.3 Å². The van der Waals surface area contributed by atoms with E-state index in [2.05, 4.69) is 29.2 Å². The van der Waals surface area contributed by atoms with Crippen molar-refractivity contribution < 1.29 is 19.5 Å². The molecular weight excluding hydrogens is 438 g/mol. The van der Waals surface area contributed by atoms with Crippen LogP contribution in [0, 0.1) is 0 Å². The van der Waals surface area contributed by atoms with Crippen LogP contribution in [0.3, 0.4) is 0 Å². The molecule has 0 aliphatic heterocycles. The number of hydrogen-bond acceptors (Lipinski definition) is 3. The molecule has 0 radical (unpaired) electrons. The molecule has 6 heteroatoms. The van der Waals surface area contributed by atoms with E-state index in [0.717, 1.165) is 37.5 Å². The van der Waals surface area contributed by atoms with Crippen LogP contribution in [-0.2, 0) is 11.2 Å². The molecule has 0 aliphatic carbocycles. The van der Waals surface area contributed by atoms with Crippen molar-refractivity contribution in [3.05, 3.63) is 53.1 Å². The summed E-state index contributed by atoms with van der Waals surface area (Å²) in [5.41, 5.74) is 9.77. The fourth-order valence-corrected chi connectivity index (χ4v) is 4.03. The zero-order chi connectivity index (χ0) is 25.6. The number of nitrogens with one attached hydrogen (secondary N) is 1. The summed E-state index contributed by atoms with van der Waals surface area (Å²) < 4.78 is 0. The molecule has 0 aromatic heterocycles. The van der Waals surface area contributed by atoms with Gasteiger partial charge in [-0.15, -0.1) is 0 Å². The average Bonchev–Trinajstić information content (AvgIpc) is 2.86. The quantitative estimate of drug-likeness (QED) is 0.0541. The zero-order valence-corrected chi connectivity index (χ0v) is 21.6. The predicted octanol–water partition coefficient (Wildman–Crippen LogP) is 6.23. The van der Waals surface area contributed by atoms with Gasteiger partial charge in [0.25, 0.3) is 5.78 Å². The minimum Gasteiger partial charge on any atom is -0.394 e. The number of Topliss-reactive ketones (excluding diaryl/α,β-unsaturated/α-hetero) is 1. The lowest BCUT2D eigenvalue weighted by Crippen LogP contribution is -2.39. The van der Waals surface area contributed by atoms with Crippen LogP contribution < -0.4 is 5.32 Å². The molecule has 0 spiro atoms. The van der Waals surface area contributed by atoms with Gasteiger partial charge in [-0.1, -0.05) is 94.7 Å². The second kappa shape index (κ2) is 20.8. The molecule has 0 saturated heterocycles. The first-order valence-corrected chi connectivity index (χ1v) is 13.5. The van der Waals surface area contributed by atoms with Crippen LogP contribution in [0.4, 0.5) is 0 Å². The number of aliphatic hydroxyl groups is 1. The number of amides is 1. The van der Waals surface area contributed by atoms with Gasteiger partial charge in [-0.05, 0) is 44.1 Å². The molecule has 0 aliphatic rings. The summed E-state index contributed by atoms with van der Waals surface area (Å²) in [5.74, 6) is -0.418. The standard InChI is InChI=1S/C29H45N3O3/c1-2-3-4-5-6-7-8-9-10-11-12-13-14-15-16-17-29(35)32-27(24-33)22-25-18-20-26(21-19-25)28(34)23-31-30/h9-10,18-21,23,27,33H,2-8,11-17,22,24H2,1H3,(H,32,35)/b10-9-/t27-/m1/s1. The first-order valence-electron chi connectivity index (χ1n) is 13.5. The number of rotatable bonds is 21. The van der Waals surface area contributed by atoms with Crippen LogP contribution in [0.25, 0.3) is 5.53 Å². The largest absolute Gasteiger partial charge is 0.394 e. The van der Waals surface area contributed by atoms with Crippen LogP contribution in [0.5, 0.6) is 0 Å². The van der Waals surface area contributed by atoms with Crippen LogP contribution in [0.1, 0.15) is 113 Å². The van der Waals surface area contributed by atoms with Gasteiger partial charge in [0.1, 0.15) is 0 Å². The van der Waals surface area contributed by atoms with Crippen molar-refractivity contribution in [2.24, 2.45) is 0 Å². The molecular formula is C29H45N3O3. The topological polar surface area (TPSA) is 103 Å². The molecule has 35 heavy (non-hydrogen) atoms. The number of nitrogens with zero attached hydrogens (tertiary/aromatic N) is 2. The van der Waals surface area contributed by atoms with Crippen molar-refractivity contribution in [2.75, 3.05) is 6.61 Å². The molecule has 194 valence electrons. The van der Waals surface area contributed by atoms with E-state index in [9.17, 15) is 14.7 Å². The fraction of sp³-hybridized carbons (Fsp3) is 0.621. The maximum absolute atomic E-state index is 12.2. The molecule has 0 bridgehead atoms. The summed E-state index contributed by atoms with van der Waals surface area (Å²) in [4.78, 5) is 26.6. The number of aliphatic hydroxyl groups excluding tert-OH is 1. The third-order valence-corrected chi connectivity index (χ3v) is 6.15. The van der Waals surface area contributed by atoms with E-state index >= 15 is 0 Å². The molecule has 1 aromatic rings. The van der Waals surface area contributed by atoms with Gasteiger partial charge in [0.05, 0.1) is 12.6 Å². The maximum atomic E-state index is 12.2. The van der Waals surface area contributed by atoms with Crippen molar-refractivity contribution in [3.63, 3.8) is 0 Å². The van der Waals surface area contributed by atoms with Crippen molar-refractivity contribution in [2.45, 2.75) is 109 Å². The second-order valence-electron chi connectivity index (χ2n) is 9.29. The summed E-state index contributed by atoms with van der Waals surface area (Å²) >= 11 is 0. The Morgan fingerprint density at radius 1 is 0.914 bits per heavy atom. The Morgan fingerprint density at radius 3 is 2.06 bits per heavy atom. The highest BCUT2D eigenvalue weighted by atomic mass is 16.3. The molecule has 6 nitrogen and oxygen atoms in total. The number of benzene rings is 1. The number of carbonyl (C=O) groups is 2. The summed E-state index contributed by atoms with van der Waals surface area (Å²) in [6.45, 7) is 2.11. The molecule has 1 atom stereocenters. The van der Waals surface area contributed by atoms with Crippen molar-refractivity contribution >= 4 is 17.9 Å². The molecule has 2 N–H and O–H groups in total. The Kier molecular flexibility index (Phi) is 18.1. The monoisotopic (exact) mass is 483 g/mol. The third kappa shape index (κ3) is 15.9. The van der Waals surface area contributed by atoms with Crippen LogP contribution in [-0.4, -0.2) is 40.5 Å². The van der Waals surface area contributed by atoms with Gasteiger partial charge >= 0.3 is 6.21 Å². The van der Waals surface area contributed by atoms with E-state index in [0.29, 0.717) is 18.4 Å². The van der Waals surface area contributed by atoms with Crippen molar-refractivity contribution in [1.82, 2.24) is 5.32 Å². The summed E-state index contributed by atoms with van der Waals surface area (Å²) in [6, 6.07) is 6.47. The minimum atomic E-state index is -0.383. The Hall–Kier alpha value is -2.56. The van der Waals surface area contributed by atoms with Gasteiger partial charge < -0.3 is 16.0 Å². The second-order valence-corrected chi connectivity index (χ2v) is 9.29. The summed E-state index contributed by atoms with van der Waals surface area (Å²) in [7, 11) is 0. The highest BCUT2D eigenvalue weighted by Crippen LogP contribution is 2.11. The van der Waals surface area contributed by atoms with Gasteiger partial charge in [-0.2, -0.15) is 4.79 Å². The van der Waals surface area contributed by atoms with E-state index < -0.39 is 0 Å². The zero-order valence-electron chi connectivity index (χ0n) is 21.6. The molecule has 1 amide bonds. The van der Waals surface area contributed by atoms with Gasteiger partial charge in [-0.25, -0.2) is 0 Å². The van der Waals surface area contributed by atoms with Crippen LogP contribution in [0.2, 0.25) is 0 Å². The first-order chi connectivity index (χ1) is 17.1. The lowest BCUT2D eigenvalue weighted by Gasteiger charge is -2.16. The van der Waals surface area contributed by atoms with E-state index in [4.69, 9.17) is 5.53 Å². The van der Waals surface area contributed by atoms with Gasteiger partial charge in [0.15, 0.2) is 0 Å². The SMILES string of the molecule is CCCCCCCC/C=C\CCCCCCCC(=O)N[C@@H](CO)Cc1ccc(C(=O)C=[N+]=[N-])cc1. The van der Waals surface area contributed by atoms with Gasteiger partial charge in [-0.3, -0.25) is 9.59 Å². The van der Waals surface area contributed by atoms with E-state index in [1.807, 2.05) is 0 Å². The Labute approximate surface area is 211 Å². The normalized spacial score (nSPS) is 11.8. The van der Waals surface area contributed by atoms with E-state index in [1.165, 1.54) is 57.8 Å². The molecule has 0 unspecified atom stereocenters. The number of allylic oxidation sites excluding steroid dienone is 2. The highest BCUT2D eigenvalue weighted by molar-refractivity contribution is 6.33. The van der Waals surface area contributed by atoms with Crippen LogP contribution >= 0.6 is 0 Å². The maximum Gasteiger partial charge on any atom is 0.328 e. The van der Waals surface area contributed by atoms with Gasteiger partial charge in [0.2, 0.25) is 5.91 Å². The molecule has 1 rings (SSSR count). The number of carbonyl (C=O) groups excluding carboxylic acids is 2. The van der Waals surface area contributed by atoms with Gasteiger partial charge in [0, 0.05) is 12.0 Å². The third-order valence-electron chi connectivity index (χ3n) is 6.15. The van der Waals surface area contributed by atoms with Crippen molar-refractivity contribution in [3.8, 4) is 0 Å². The molecule has 0 fully saturated rings. The first kappa shape index (κ1) is 30.5. The Bertz CT molecular complexity index is 783. The molecule has 1 aromatic carbocycles. The lowest BCUT2D eigenvalue weighted by molar-refractivity contribution is -0.122. The van der Waals surface area contributed by atoms with E-state index in [-0.39, 0.29) is 24.3 Å². The molecule has 0 saturated carbocycles. The lowest BCUT2D eigenvalue weighted by atomic mass is 10.0. The number of ketones is 1. The number of hydrogen-bond donors (Lipinski definition) is 2. The smallest absolute Gasteiger partial charge is 0.328 e. The Morgan fingerprint density at radius 2 is 1.49 bits per heavy atom. The number of unbranched alkanes of at least 4 members (excludes halogenated alkanes) is 11. The predicted molar refractivity (Wildman–Crippen MR) is 143 cm³/mol. The molecule has 0 heterocycles. The Balaban J connectivity index is 2.09. The van der Waals surface area contributed by atoms with Crippen molar-refractivity contribution in [1.29, 1.82) is 0 Å². The fourth-order valence-electron chi connectivity index (χ4n) is 4.03. The highest BCUT2D eigenvalue weighted by Gasteiger charge is 2.13. The average molecular weight is 484 g/mol. The summed E-state index contributed by atoms with van der Waals surface area (Å²) in [5, 5.41) is 12.5. The minimum absolute atomic E-state index is 0.0346. The van der Waals surface area contributed by atoms with Crippen LogP contribution in [0.15, 0.2) is 36.4 Å². The summed E-state index contributed by atoms with van der Waals surface area (Å²) in [6.07, 6.45) is 22.4.